The van der Waals surface area contributed by atoms with Crippen LogP contribution < -0.4 is 11.1 Å². The molecule has 8 heteroatoms. The Morgan fingerprint density at radius 1 is 1.08 bits per heavy atom. The largest absolute Gasteiger partial charge is 0.399 e. The number of amides is 1. The van der Waals surface area contributed by atoms with Gasteiger partial charge in [0.15, 0.2) is 0 Å². The van der Waals surface area contributed by atoms with Gasteiger partial charge in [-0.05, 0) is 42.5 Å². The molecular weight excluding hydrogens is 342 g/mol. The van der Waals surface area contributed by atoms with Gasteiger partial charge >= 0.3 is 0 Å². The molecule has 0 atom stereocenters. The van der Waals surface area contributed by atoms with E-state index in [-0.39, 0.29) is 10.8 Å². The summed E-state index contributed by atoms with van der Waals surface area (Å²) in [4.78, 5) is 12.4. The van der Waals surface area contributed by atoms with Crippen LogP contribution in [0.3, 0.4) is 0 Å². The molecule has 0 saturated carbocycles. The van der Waals surface area contributed by atoms with Crippen LogP contribution in [0.5, 0.6) is 0 Å². The summed E-state index contributed by atoms with van der Waals surface area (Å²) in [7, 11) is -3.56. The number of morpholine rings is 1. The van der Waals surface area contributed by atoms with Crippen molar-refractivity contribution in [2.75, 3.05) is 37.4 Å². The molecule has 132 valence electrons. The van der Waals surface area contributed by atoms with Crippen LogP contribution in [-0.2, 0) is 14.8 Å². The zero-order valence-corrected chi connectivity index (χ0v) is 14.3. The molecule has 25 heavy (non-hydrogen) atoms. The Hall–Kier alpha value is -2.42. The van der Waals surface area contributed by atoms with Crippen molar-refractivity contribution < 1.29 is 17.9 Å². The van der Waals surface area contributed by atoms with Crippen molar-refractivity contribution in [1.29, 1.82) is 0 Å². The minimum absolute atomic E-state index is 0.162. The summed E-state index contributed by atoms with van der Waals surface area (Å²) in [5.74, 6) is -0.332. The molecule has 0 aromatic heterocycles. The van der Waals surface area contributed by atoms with E-state index in [1.165, 1.54) is 28.6 Å². The molecule has 0 spiro atoms. The molecule has 1 heterocycles. The normalized spacial score (nSPS) is 15.7. The maximum atomic E-state index is 12.6. The van der Waals surface area contributed by atoms with Crippen LogP contribution in [-0.4, -0.2) is 44.9 Å². The summed E-state index contributed by atoms with van der Waals surface area (Å²) < 4.78 is 31.7. The number of ether oxygens (including phenoxy) is 1. The highest BCUT2D eigenvalue weighted by Gasteiger charge is 2.26. The Labute approximate surface area is 146 Å². The van der Waals surface area contributed by atoms with Gasteiger partial charge in [-0.2, -0.15) is 4.31 Å². The van der Waals surface area contributed by atoms with Crippen molar-refractivity contribution in [3.63, 3.8) is 0 Å². The number of hydrogen-bond donors (Lipinski definition) is 2. The average Bonchev–Trinajstić information content (AvgIpc) is 2.62. The fraction of sp³-hybridized carbons (Fsp3) is 0.235. The van der Waals surface area contributed by atoms with Gasteiger partial charge in [0.1, 0.15) is 0 Å². The highest BCUT2D eigenvalue weighted by molar-refractivity contribution is 7.89. The predicted molar refractivity (Wildman–Crippen MR) is 94.8 cm³/mol. The first-order valence-corrected chi connectivity index (χ1v) is 9.26. The maximum Gasteiger partial charge on any atom is 0.255 e. The number of rotatable bonds is 4. The number of sulfonamides is 1. The fourth-order valence-electron chi connectivity index (χ4n) is 2.53. The molecule has 1 aliphatic heterocycles. The van der Waals surface area contributed by atoms with Crippen LogP contribution in [0.1, 0.15) is 10.4 Å². The van der Waals surface area contributed by atoms with Gasteiger partial charge < -0.3 is 15.8 Å². The van der Waals surface area contributed by atoms with E-state index in [9.17, 15) is 13.2 Å². The SMILES string of the molecule is Nc1cccc(NC(=O)c2ccc(S(=O)(=O)N3CCOCC3)cc2)c1. The van der Waals surface area contributed by atoms with Crippen molar-refractivity contribution in [3.05, 3.63) is 54.1 Å². The lowest BCUT2D eigenvalue weighted by Crippen LogP contribution is -2.40. The molecule has 1 amide bonds. The lowest BCUT2D eigenvalue weighted by Gasteiger charge is -2.26. The lowest BCUT2D eigenvalue weighted by molar-refractivity contribution is 0.0730. The van der Waals surface area contributed by atoms with Crippen LogP contribution in [0.25, 0.3) is 0 Å². The van der Waals surface area contributed by atoms with E-state index in [1.54, 1.807) is 24.3 Å². The minimum Gasteiger partial charge on any atom is -0.399 e. The molecule has 7 nitrogen and oxygen atoms in total. The van der Waals surface area contributed by atoms with E-state index >= 15 is 0 Å². The first-order chi connectivity index (χ1) is 12.0. The third kappa shape index (κ3) is 3.98. The Kier molecular flexibility index (Phi) is 5.03. The predicted octanol–water partition coefficient (Wildman–Crippen LogP) is 1.54. The van der Waals surface area contributed by atoms with Gasteiger partial charge in [-0.25, -0.2) is 8.42 Å². The first kappa shape index (κ1) is 17.4. The Morgan fingerprint density at radius 3 is 2.40 bits per heavy atom. The van der Waals surface area contributed by atoms with Crippen molar-refractivity contribution in [3.8, 4) is 0 Å². The summed E-state index contributed by atoms with van der Waals surface area (Å²) in [5, 5.41) is 2.73. The number of carbonyl (C=O) groups excluding carboxylic acids is 1. The second-order valence-corrected chi connectivity index (χ2v) is 7.56. The van der Waals surface area contributed by atoms with Crippen molar-refractivity contribution in [2.24, 2.45) is 0 Å². The molecule has 2 aromatic rings. The zero-order chi connectivity index (χ0) is 17.9. The topological polar surface area (TPSA) is 102 Å². The summed E-state index contributed by atoms with van der Waals surface area (Å²) >= 11 is 0. The van der Waals surface area contributed by atoms with E-state index in [0.29, 0.717) is 43.2 Å². The van der Waals surface area contributed by atoms with Gasteiger partial charge in [0, 0.05) is 30.0 Å². The Bertz CT molecular complexity index is 860. The Balaban J connectivity index is 1.74. The second-order valence-electron chi connectivity index (χ2n) is 5.62. The molecule has 3 rings (SSSR count). The van der Waals surface area contributed by atoms with Crippen molar-refractivity contribution >= 4 is 27.3 Å². The third-order valence-electron chi connectivity index (χ3n) is 3.87. The lowest BCUT2D eigenvalue weighted by atomic mass is 10.2. The summed E-state index contributed by atoms with van der Waals surface area (Å²) in [6, 6.07) is 12.7. The summed E-state index contributed by atoms with van der Waals surface area (Å²) in [6.45, 7) is 1.44. The van der Waals surface area contributed by atoms with E-state index in [0.717, 1.165) is 0 Å². The number of nitrogens with two attached hydrogens (primary N) is 1. The van der Waals surface area contributed by atoms with E-state index in [2.05, 4.69) is 5.32 Å². The van der Waals surface area contributed by atoms with Gasteiger partial charge in [0.25, 0.3) is 5.91 Å². The average molecular weight is 361 g/mol. The molecule has 2 aromatic carbocycles. The standard InChI is InChI=1S/C17H19N3O4S/c18-14-2-1-3-15(12-14)19-17(21)13-4-6-16(7-5-13)25(22,23)20-8-10-24-11-9-20/h1-7,12H,8-11,18H2,(H,19,21). The van der Waals surface area contributed by atoms with Crippen LogP contribution in [0, 0.1) is 0 Å². The molecule has 0 aliphatic carbocycles. The molecule has 1 aliphatic rings. The third-order valence-corrected chi connectivity index (χ3v) is 5.78. The highest BCUT2D eigenvalue weighted by Crippen LogP contribution is 2.19. The van der Waals surface area contributed by atoms with Gasteiger partial charge in [-0.15, -0.1) is 0 Å². The summed E-state index contributed by atoms with van der Waals surface area (Å²) in [5.41, 5.74) is 7.17. The number of anilines is 2. The van der Waals surface area contributed by atoms with Gasteiger partial charge in [0.05, 0.1) is 18.1 Å². The number of hydrogen-bond acceptors (Lipinski definition) is 5. The monoisotopic (exact) mass is 361 g/mol. The molecule has 0 radical (unpaired) electrons. The second kappa shape index (κ2) is 7.22. The molecule has 0 unspecified atom stereocenters. The Morgan fingerprint density at radius 2 is 1.76 bits per heavy atom. The maximum absolute atomic E-state index is 12.6. The van der Waals surface area contributed by atoms with Crippen molar-refractivity contribution in [2.45, 2.75) is 4.90 Å². The minimum atomic E-state index is -3.56. The van der Waals surface area contributed by atoms with Crippen LogP contribution in [0.4, 0.5) is 11.4 Å². The van der Waals surface area contributed by atoms with E-state index < -0.39 is 10.0 Å². The number of nitrogens with one attached hydrogen (secondary N) is 1. The highest BCUT2D eigenvalue weighted by atomic mass is 32.2. The number of nitrogens with zero attached hydrogens (tertiary/aromatic N) is 1. The quantitative estimate of drug-likeness (QED) is 0.805. The fourth-order valence-corrected chi connectivity index (χ4v) is 3.94. The molecule has 1 saturated heterocycles. The number of benzene rings is 2. The van der Waals surface area contributed by atoms with Crippen LogP contribution in [0.2, 0.25) is 0 Å². The van der Waals surface area contributed by atoms with E-state index in [4.69, 9.17) is 10.5 Å². The van der Waals surface area contributed by atoms with E-state index in [1.807, 2.05) is 0 Å². The molecule has 1 fully saturated rings. The molecule has 0 bridgehead atoms. The zero-order valence-electron chi connectivity index (χ0n) is 13.5. The molecule has 3 N–H and O–H groups in total. The number of carbonyl (C=O) groups is 1. The van der Waals surface area contributed by atoms with Crippen LogP contribution >= 0.6 is 0 Å². The number of nitrogen functional groups attached to an aromatic ring is 1. The molecular formula is C17H19N3O4S. The summed E-state index contributed by atoms with van der Waals surface area (Å²) in [6.07, 6.45) is 0. The van der Waals surface area contributed by atoms with Gasteiger partial charge in [-0.1, -0.05) is 6.07 Å². The van der Waals surface area contributed by atoms with Crippen molar-refractivity contribution in [1.82, 2.24) is 4.31 Å². The van der Waals surface area contributed by atoms with Gasteiger partial charge in [0.2, 0.25) is 10.0 Å². The smallest absolute Gasteiger partial charge is 0.255 e. The van der Waals surface area contributed by atoms with Gasteiger partial charge in [-0.3, -0.25) is 4.79 Å². The van der Waals surface area contributed by atoms with Crippen LogP contribution in [0.15, 0.2) is 53.4 Å². The first-order valence-electron chi connectivity index (χ1n) is 7.82.